The van der Waals surface area contributed by atoms with E-state index in [1.165, 1.54) is 0 Å². The molecule has 0 aliphatic rings. The molecule has 0 aliphatic carbocycles. The van der Waals surface area contributed by atoms with Gasteiger partial charge >= 0.3 is 5.63 Å². The molecule has 5 heteroatoms. The van der Waals surface area contributed by atoms with Crippen molar-refractivity contribution in [2.24, 2.45) is 4.99 Å². The van der Waals surface area contributed by atoms with Crippen LogP contribution in [0.3, 0.4) is 0 Å². The van der Waals surface area contributed by atoms with Gasteiger partial charge in [-0.25, -0.2) is 4.79 Å². The van der Waals surface area contributed by atoms with Crippen LogP contribution in [0.15, 0.2) is 44.5 Å². The van der Waals surface area contributed by atoms with Gasteiger partial charge in [0.05, 0.1) is 24.8 Å². The van der Waals surface area contributed by atoms with Crippen molar-refractivity contribution in [2.75, 3.05) is 13.2 Å². The predicted octanol–water partition coefficient (Wildman–Crippen LogP) is 0.955. The predicted molar refractivity (Wildman–Crippen MR) is 72.7 cm³/mol. The topological polar surface area (TPSA) is 83.0 Å². The minimum Gasteiger partial charge on any atom is -0.422 e. The van der Waals surface area contributed by atoms with E-state index in [2.05, 4.69) is 4.99 Å². The average molecular weight is 261 g/mol. The van der Waals surface area contributed by atoms with Gasteiger partial charge in [0.1, 0.15) is 5.58 Å². The van der Waals surface area contributed by atoms with Crippen LogP contribution in [0.4, 0.5) is 0 Å². The van der Waals surface area contributed by atoms with E-state index in [0.717, 1.165) is 5.39 Å². The normalized spacial score (nSPS) is 13.7. The summed E-state index contributed by atoms with van der Waals surface area (Å²) in [5, 5.41) is 18.8. The highest BCUT2D eigenvalue weighted by Gasteiger charge is 2.08. The Morgan fingerprint density at radius 1 is 1.42 bits per heavy atom. The highest BCUT2D eigenvalue weighted by Crippen LogP contribution is 2.13. The molecule has 0 unspecified atom stereocenters. The monoisotopic (exact) mass is 261 g/mol. The molecule has 0 aliphatic heterocycles. The van der Waals surface area contributed by atoms with Gasteiger partial charge in [-0.1, -0.05) is 18.2 Å². The molecule has 0 saturated heterocycles. The maximum atomic E-state index is 11.8. The van der Waals surface area contributed by atoms with Crippen molar-refractivity contribution in [1.29, 1.82) is 0 Å². The lowest BCUT2D eigenvalue weighted by Gasteiger charge is -2.05. The van der Waals surface area contributed by atoms with Gasteiger partial charge in [0.15, 0.2) is 0 Å². The Hall–Kier alpha value is -1.98. The summed E-state index contributed by atoms with van der Waals surface area (Å²) in [7, 11) is 0. The van der Waals surface area contributed by atoms with Crippen LogP contribution >= 0.6 is 0 Å². The number of aliphatic hydroxyl groups excluding tert-OH is 2. The van der Waals surface area contributed by atoms with E-state index in [1.54, 1.807) is 25.1 Å². The maximum Gasteiger partial charge on any atom is 0.345 e. The second kappa shape index (κ2) is 5.77. The fourth-order valence-corrected chi connectivity index (χ4v) is 1.70. The molecular weight excluding hydrogens is 246 g/mol. The summed E-state index contributed by atoms with van der Waals surface area (Å²) in [6.07, 6.45) is -0.914. The number of nitrogens with zero attached hydrogens (tertiary/aromatic N) is 1. The van der Waals surface area contributed by atoms with Crippen molar-refractivity contribution in [1.82, 2.24) is 0 Å². The number of hydrogen-bond acceptors (Lipinski definition) is 5. The van der Waals surface area contributed by atoms with Gasteiger partial charge in [0.25, 0.3) is 0 Å². The molecule has 2 N–H and O–H groups in total. The van der Waals surface area contributed by atoms with Crippen molar-refractivity contribution in [2.45, 2.75) is 13.0 Å². The van der Waals surface area contributed by atoms with Gasteiger partial charge in [-0.15, -0.1) is 0 Å². The van der Waals surface area contributed by atoms with E-state index < -0.39 is 11.7 Å². The highest BCUT2D eigenvalue weighted by molar-refractivity contribution is 6.00. The largest absolute Gasteiger partial charge is 0.422 e. The molecule has 0 bridgehead atoms. The summed E-state index contributed by atoms with van der Waals surface area (Å²) in [5.74, 6) is 0. The molecule has 1 atom stereocenters. The van der Waals surface area contributed by atoms with Crippen LogP contribution in [-0.4, -0.2) is 35.2 Å². The molecule has 0 spiro atoms. The highest BCUT2D eigenvalue weighted by atomic mass is 16.4. The zero-order valence-electron chi connectivity index (χ0n) is 10.5. The molecule has 0 radical (unpaired) electrons. The summed E-state index contributed by atoms with van der Waals surface area (Å²) in [6, 6.07) is 8.93. The van der Waals surface area contributed by atoms with Crippen molar-refractivity contribution in [3.8, 4) is 0 Å². The van der Waals surface area contributed by atoms with Crippen molar-refractivity contribution in [3.05, 3.63) is 46.3 Å². The third-order valence-corrected chi connectivity index (χ3v) is 2.78. The SMILES string of the molecule is CC(=NC[C@H](O)CO)c1cc2ccccc2oc1=O. The average Bonchev–Trinajstić information content (AvgIpc) is 2.43. The number of rotatable bonds is 4. The summed E-state index contributed by atoms with van der Waals surface area (Å²) in [4.78, 5) is 15.9. The van der Waals surface area contributed by atoms with E-state index >= 15 is 0 Å². The Labute approximate surface area is 109 Å². The van der Waals surface area contributed by atoms with Gasteiger partial charge < -0.3 is 14.6 Å². The fraction of sp³-hybridized carbons (Fsp3) is 0.286. The lowest BCUT2D eigenvalue weighted by molar-refractivity contribution is 0.102. The molecule has 0 fully saturated rings. The third kappa shape index (κ3) is 3.07. The molecule has 1 heterocycles. The van der Waals surface area contributed by atoms with E-state index in [1.807, 2.05) is 12.1 Å². The maximum absolute atomic E-state index is 11.8. The summed E-state index contributed by atoms with van der Waals surface area (Å²) in [6.45, 7) is 1.36. The first kappa shape index (κ1) is 13.5. The zero-order chi connectivity index (χ0) is 13.8. The van der Waals surface area contributed by atoms with Crippen LogP contribution in [0.1, 0.15) is 12.5 Å². The Morgan fingerprint density at radius 2 is 2.16 bits per heavy atom. The fourth-order valence-electron chi connectivity index (χ4n) is 1.70. The first-order valence-electron chi connectivity index (χ1n) is 5.95. The van der Waals surface area contributed by atoms with E-state index in [9.17, 15) is 9.90 Å². The Kier molecular flexibility index (Phi) is 4.09. The van der Waals surface area contributed by atoms with Crippen LogP contribution in [0, 0.1) is 0 Å². The lowest BCUT2D eigenvalue weighted by atomic mass is 10.1. The molecule has 0 amide bonds. The quantitative estimate of drug-likeness (QED) is 0.634. The summed E-state index contributed by atoms with van der Waals surface area (Å²) >= 11 is 0. The van der Waals surface area contributed by atoms with Crippen molar-refractivity contribution in [3.63, 3.8) is 0 Å². The second-order valence-electron chi connectivity index (χ2n) is 4.25. The van der Waals surface area contributed by atoms with Crippen LogP contribution in [-0.2, 0) is 0 Å². The van der Waals surface area contributed by atoms with Crippen LogP contribution < -0.4 is 5.63 Å². The minimum absolute atomic E-state index is 0.0502. The number of benzene rings is 1. The number of aliphatic imine (C=N–C) groups is 1. The molecule has 19 heavy (non-hydrogen) atoms. The van der Waals surface area contributed by atoms with Crippen LogP contribution in [0.2, 0.25) is 0 Å². The van der Waals surface area contributed by atoms with E-state index in [-0.39, 0.29) is 13.2 Å². The van der Waals surface area contributed by atoms with E-state index in [0.29, 0.717) is 16.9 Å². The number of para-hydroxylation sites is 1. The smallest absolute Gasteiger partial charge is 0.345 e. The molecular formula is C14H15NO4. The molecule has 2 aromatic rings. The standard InChI is InChI=1S/C14H15NO4/c1-9(15-7-11(17)8-16)12-6-10-4-2-3-5-13(10)19-14(12)18/h2-6,11,16-17H,7-8H2,1H3/t11-/m0/s1. The molecule has 2 rings (SSSR count). The van der Waals surface area contributed by atoms with Crippen molar-refractivity contribution < 1.29 is 14.6 Å². The molecule has 100 valence electrons. The second-order valence-corrected chi connectivity index (χ2v) is 4.25. The molecule has 5 nitrogen and oxygen atoms in total. The van der Waals surface area contributed by atoms with Crippen LogP contribution in [0.25, 0.3) is 11.0 Å². The first-order valence-corrected chi connectivity index (χ1v) is 5.95. The Bertz CT molecular complexity index is 660. The van der Waals surface area contributed by atoms with Gasteiger partial charge in [-0.2, -0.15) is 0 Å². The molecule has 1 aromatic carbocycles. The molecule has 0 saturated carbocycles. The summed E-state index contributed by atoms with van der Waals surface area (Å²) in [5.41, 5.74) is 0.911. The minimum atomic E-state index is -0.914. The van der Waals surface area contributed by atoms with Crippen molar-refractivity contribution >= 4 is 16.7 Å². The third-order valence-electron chi connectivity index (χ3n) is 2.78. The van der Waals surface area contributed by atoms with Gasteiger partial charge in [-0.05, 0) is 19.1 Å². The molecule has 1 aromatic heterocycles. The first-order chi connectivity index (χ1) is 9.11. The number of fused-ring (bicyclic) bond motifs is 1. The number of hydrogen-bond donors (Lipinski definition) is 2. The van der Waals surface area contributed by atoms with Crippen LogP contribution in [0.5, 0.6) is 0 Å². The summed E-state index contributed by atoms with van der Waals surface area (Å²) < 4.78 is 5.20. The van der Waals surface area contributed by atoms with E-state index in [4.69, 9.17) is 9.52 Å². The lowest BCUT2D eigenvalue weighted by Crippen LogP contribution is -2.18. The zero-order valence-corrected chi connectivity index (χ0v) is 10.5. The van der Waals surface area contributed by atoms with Gasteiger partial charge in [0.2, 0.25) is 0 Å². The number of aliphatic hydroxyl groups is 2. The Morgan fingerprint density at radius 3 is 2.89 bits per heavy atom. The Balaban J connectivity index is 2.39. The van der Waals surface area contributed by atoms with Gasteiger partial charge in [-0.3, -0.25) is 4.99 Å². The van der Waals surface area contributed by atoms with Gasteiger partial charge in [0, 0.05) is 11.1 Å².